The quantitative estimate of drug-likeness (QED) is 0.485. The highest BCUT2D eigenvalue weighted by molar-refractivity contribution is 5.88. The van der Waals surface area contributed by atoms with Gasteiger partial charge in [-0.05, 0) is 5.56 Å². The highest BCUT2D eigenvalue weighted by Crippen LogP contribution is 2.00. The Kier molecular flexibility index (Phi) is 5.98. The molecule has 1 rings (SSSR count). The van der Waals surface area contributed by atoms with Gasteiger partial charge < -0.3 is 26.8 Å². The van der Waals surface area contributed by atoms with Gasteiger partial charge in [0.15, 0.2) is 6.17 Å². The largest absolute Gasteiger partial charge is 0.445 e. The number of amides is 3. The SMILES string of the molecule is NC(=O)C(N)NC(=O)CNC(=O)OCc1ccccc1. The lowest BCUT2D eigenvalue weighted by Gasteiger charge is -2.11. The van der Waals surface area contributed by atoms with Crippen LogP contribution in [-0.4, -0.2) is 30.6 Å². The monoisotopic (exact) mass is 280 g/mol. The van der Waals surface area contributed by atoms with Crippen LogP contribution in [0.15, 0.2) is 30.3 Å². The van der Waals surface area contributed by atoms with E-state index in [2.05, 4.69) is 10.6 Å². The number of hydrogen-bond donors (Lipinski definition) is 4. The minimum absolute atomic E-state index is 0.0924. The molecule has 0 aliphatic carbocycles. The summed E-state index contributed by atoms with van der Waals surface area (Å²) in [6.07, 6.45) is -2.04. The van der Waals surface area contributed by atoms with Crippen LogP contribution in [-0.2, 0) is 20.9 Å². The summed E-state index contributed by atoms with van der Waals surface area (Å²) in [6.45, 7) is -0.274. The van der Waals surface area contributed by atoms with E-state index < -0.39 is 24.1 Å². The minimum atomic E-state index is -1.29. The van der Waals surface area contributed by atoms with Crippen molar-refractivity contribution in [2.24, 2.45) is 11.5 Å². The number of alkyl carbamates (subject to hydrolysis) is 1. The molecular formula is C12H16N4O4. The fourth-order valence-corrected chi connectivity index (χ4v) is 1.22. The van der Waals surface area contributed by atoms with E-state index in [9.17, 15) is 14.4 Å². The maximum atomic E-state index is 11.3. The summed E-state index contributed by atoms with van der Waals surface area (Å²) in [4.78, 5) is 33.2. The van der Waals surface area contributed by atoms with Gasteiger partial charge >= 0.3 is 6.09 Å². The number of primary amides is 1. The van der Waals surface area contributed by atoms with Crippen molar-refractivity contribution >= 4 is 17.9 Å². The Morgan fingerprint density at radius 1 is 1.20 bits per heavy atom. The van der Waals surface area contributed by atoms with Gasteiger partial charge in [-0.2, -0.15) is 0 Å². The highest BCUT2D eigenvalue weighted by Gasteiger charge is 2.13. The third kappa shape index (κ3) is 5.83. The maximum absolute atomic E-state index is 11.3. The lowest BCUT2D eigenvalue weighted by atomic mass is 10.2. The Labute approximate surface area is 115 Å². The standard InChI is InChI=1S/C12H16N4O4/c13-10(11(14)18)16-9(17)6-15-12(19)20-7-8-4-2-1-3-5-8/h1-5,10H,6-7,13H2,(H2,14,18)(H,15,19)(H,16,17). The molecule has 0 aromatic heterocycles. The third-order valence-electron chi connectivity index (χ3n) is 2.23. The van der Waals surface area contributed by atoms with E-state index in [1.165, 1.54) is 0 Å². The lowest BCUT2D eigenvalue weighted by molar-refractivity contribution is -0.126. The zero-order chi connectivity index (χ0) is 15.0. The molecule has 0 radical (unpaired) electrons. The van der Waals surface area contributed by atoms with E-state index in [-0.39, 0.29) is 13.2 Å². The Bertz CT molecular complexity index is 478. The fourth-order valence-electron chi connectivity index (χ4n) is 1.22. The Morgan fingerprint density at radius 2 is 1.85 bits per heavy atom. The van der Waals surface area contributed by atoms with Crippen molar-refractivity contribution in [3.05, 3.63) is 35.9 Å². The van der Waals surface area contributed by atoms with E-state index >= 15 is 0 Å². The summed E-state index contributed by atoms with van der Waals surface area (Å²) in [5.74, 6) is -1.52. The van der Waals surface area contributed by atoms with E-state index in [1.807, 2.05) is 18.2 Å². The molecule has 1 aromatic rings. The summed E-state index contributed by atoms with van der Waals surface area (Å²) < 4.78 is 4.88. The van der Waals surface area contributed by atoms with Crippen molar-refractivity contribution < 1.29 is 19.1 Å². The Morgan fingerprint density at radius 3 is 2.45 bits per heavy atom. The average molecular weight is 280 g/mol. The van der Waals surface area contributed by atoms with Crippen LogP contribution >= 0.6 is 0 Å². The molecule has 0 aliphatic heterocycles. The van der Waals surface area contributed by atoms with Crippen LogP contribution in [0.1, 0.15) is 5.56 Å². The Balaban J connectivity index is 2.23. The number of benzene rings is 1. The van der Waals surface area contributed by atoms with Crippen LogP contribution < -0.4 is 22.1 Å². The first-order valence-corrected chi connectivity index (χ1v) is 5.78. The first-order chi connectivity index (χ1) is 9.49. The predicted molar refractivity (Wildman–Crippen MR) is 69.9 cm³/mol. The molecule has 0 saturated heterocycles. The van der Waals surface area contributed by atoms with Crippen molar-refractivity contribution in [1.82, 2.24) is 10.6 Å². The van der Waals surface area contributed by atoms with E-state index in [4.69, 9.17) is 16.2 Å². The van der Waals surface area contributed by atoms with Gasteiger partial charge in [-0.25, -0.2) is 4.79 Å². The van der Waals surface area contributed by atoms with Crippen LogP contribution in [0.25, 0.3) is 0 Å². The number of nitrogens with one attached hydrogen (secondary N) is 2. The van der Waals surface area contributed by atoms with Crippen molar-refractivity contribution in [2.45, 2.75) is 12.8 Å². The summed E-state index contributed by atoms with van der Waals surface area (Å²) in [6, 6.07) is 9.07. The molecule has 0 fully saturated rings. The van der Waals surface area contributed by atoms with Gasteiger partial charge in [0.25, 0.3) is 5.91 Å². The topological polar surface area (TPSA) is 137 Å². The predicted octanol–water partition coefficient (Wildman–Crippen LogP) is -1.20. The van der Waals surface area contributed by atoms with Crippen molar-refractivity contribution in [3.63, 3.8) is 0 Å². The summed E-state index contributed by atoms with van der Waals surface area (Å²) in [5.41, 5.74) is 10.9. The molecule has 0 aliphatic rings. The number of carbonyl (C=O) groups is 3. The van der Waals surface area contributed by atoms with Crippen molar-refractivity contribution in [3.8, 4) is 0 Å². The molecule has 0 spiro atoms. The first-order valence-electron chi connectivity index (χ1n) is 5.78. The van der Waals surface area contributed by atoms with Gasteiger partial charge in [0.2, 0.25) is 5.91 Å². The average Bonchev–Trinajstić information content (AvgIpc) is 2.43. The second-order valence-corrected chi connectivity index (χ2v) is 3.86. The summed E-state index contributed by atoms with van der Waals surface area (Å²) in [5, 5.41) is 4.32. The number of hydrogen-bond acceptors (Lipinski definition) is 5. The van der Waals surface area contributed by atoms with Crippen LogP contribution in [0, 0.1) is 0 Å². The Hall–Kier alpha value is -2.61. The number of rotatable bonds is 6. The van der Waals surface area contributed by atoms with E-state index in [0.717, 1.165) is 5.56 Å². The fraction of sp³-hybridized carbons (Fsp3) is 0.250. The molecule has 20 heavy (non-hydrogen) atoms. The van der Waals surface area contributed by atoms with Gasteiger partial charge in [-0.1, -0.05) is 30.3 Å². The van der Waals surface area contributed by atoms with Crippen LogP contribution in [0.4, 0.5) is 4.79 Å². The molecule has 6 N–H and O–H groups in total. The molecule has 8 heteroatoms. The molecule has 0 heterocycles. The second-order valence-electron chi connectivity index (χ2n) is 3.86. The zero-order valence-corrected chi connectivity index (χ0v) is 10.7. The number of ether oxygens (including phenoxy) is 1. The summed E-state index contributed by atoms with van der Waals surface area (Å²) >= 11 is 0. The van der Waals surface area contributed by atoms with Crippen LogP contribution in [0.3, 0.4) is 0 Å². The molecule has 1 unspecified atom stereocenters. The number of nitrogens with two attached hydrogens (primary N) is 2. The van der Waals surface area contributed by atoms with Gasteiger partial charge in [0, 0.05) is 0 Å². The molecule has 3 amide bonds. The lowest BCUT2D eigenvalue weighted by Crippen LogP contribution is -2.52. The van der Waals surface area contributed by atoms with Crippen LogP contribution in [0.5, 0.6) is 0 Å². The molecule has 0 saturated carbocycles. The molecule has 108 valence electrons. The number of carbonyl (C=O) groups excluding carboxylic acids is 3. The highest BCUT2D eigenvalue weighted by atomic mass is 16.5. The third-order valence-corrected chi connectivity index (χ3v) is 2.23. The molecule has 1 aromatic carbocycles. The molecule has 0 bridgehead atoms. The van der Waals surface area contributed by atoms with E-state index in [0.29, 0.717) is 0 Å². The molecular weight excluding hydrogens is 264 g/mol. The van der Waals surface area contributed by atoms with Crippen LogP contribution in [0.2, 0.25) is 0 Å². The normalized spacial score (nSPS) is 11.2. The van der Waals surface area contributed by atoms with Gasteiger partial charge in [0.1, 0.15) is 13.2 Å². The smallest absolute Gasteiger partial charge is 0.407 e. The first kappa shape index (κ1) is 15.4. The summed E-state index contributed by atoms with van der Waals surface area (Å²) in [7, 11) is 0. The molecule has 1 atom stereocenters. The van der Waals surface area contributed by atoms with Crippen molar-refractivity contribution in [1.29, 1.82) is 0 Å². The second kappa shape index (κ2) is 7.74. The van der Waals surface area contributed by atoms with Gasteiger partial charge in [-0.15, -0.1) is 0 Å². The minimum Gasteiger partial charge on any atom is -0.445 e. The maximum Gasteiger partial charge on any atom is 0.407 e. The zero-order valence-electron chi connectivity index (χ0n) is 10.7. The molecule has 8 nitrogen and oxygen atoms in total. The van der Waals surface area contributed by atoms with Gasteiger partial charge in [0.05, 0.1) is 0 Å². The van der Waals surface area contributed by atoms with Crippen molar-refractivity contribution in [2.75, 3.05) is 6.54 Å². The van der Waals surface area contributed by atoms with Gasteiger partial charge in [-0.3, -0.25) is 9.59 Å². The van der Waals surface area contributed by atoms with E-state index in [1.54, 1.807) is 12.1 Å².